The van der Waals surface area contributed by atoms with Crippen molar-refractivity contribution in [2.24, 2.45) is 0 Å². The molecule has 5 rings (SSSR count). The van der Waals surface area contributed by atoms with E-state index in [1.807, 2.05) is 30.3 Å². The third-order valence-electron chi connectivity index (χ3n) is 6.54. The van der Waals surface area contributed by atoms with E-state index < -0.39 is 11.9 Å². The fourth-order valence-electron chi connectivity index (χ4n) is 4.52. The van der Waals surface area contributed by atoms with E-state index in [0.29, 0.717) is 24.8 Å². The third kappa shape index (κ3) is 7.50. The topological polar surface area (TPSA) is 108 Å². The van der Waals surface area contributed by atoms with Gasteiger partial charge in [0, 0.05) is 30.1 Å². The summed E-state index contributed by atoms with van der Waals surface area (Å²) in [5.74, 6) is -0.510. The van der Waals surface area contributed by atoms with Crippen molar-refractivity contribution >= 4 is 40.8 Å². The Morgan fingerprint density at radius 3 is 2.55 bits per heavy atom. The molecule has 2 saturated heterocycles. The minimum absolute atomic E-state index is 0.0437. The molecule has 2 aliphatic heterocycles. The van der Waals surface area contributed by atoms with Crippen molar-refractivity contribution < 1.29 is 23.6 Å². The summed E-state index contributed by atoms with van der Waals surface area (Å²) in [5.41, 5.74) is 1.19. The fraction of sp³-hybridized carbons (Fsp3) is 0.286. The first-order valence-electron chi connectivity index (χ1n) is 13.0. The molecule has 3 heterocycles. The number of pyridine rings is 1. The van der Waals surface area contributed by atoms with Gasteiger partial charge in [-0.25, -0.2) is 14.2 Å². The second-order valence-corrected chi connectivity index (χ2v) is 9.94. The summed E-state index contributed by atoms with van der Waals surface area (Å²) in [4.78, 5) is 36.3. The zero-order valence-corrected chi connectivity index (χ0v) is 22.5. The van der Waals surface area contributed by atoms with Crippen LogP contribution in [0.2, 0.25) is 0 Å². The normalized spacial score (nSPS) is 15.6. The van der Waals surface area contributed by atoms with Gasteiger partial charge in [0.15, 0.2) is 16.7 Å². The molecule has 3 aromatic rings. The number of ether oxygens (including phenoxy) is 1. The quantitative estimate of drug-likeness (QED) is 0.345. The number of halogens is 1. The number of nitrogens with one attached hydrogen (secondary N) is 3. The standard InChI is InChI=1S/C28H29FN6O4S/c29-23-15-20(31-27(40)33-26(36)14-19-6-2-1-3-7-19)8-9-24(23)38-22-10-11-30-25(16-22)32-28(37)39-35-17-21(18-35)34-12-4-5-13-34/h1-3,6-11,15-16,21H,4-5,12-14,17-18H2,(H,30,32,37)(H2,31,33,36,40). The number of nitrogens with zero attached hydrogens (tertiary/aromatic N) is 3. The number of hydrogen-bond donors (Lipinski definition) is 3. The van der Waals surface area contributed by atoms with Crippen LogP contribution in [0.15, 0.2) is 66.9 Å². The number of hydrogen-bond acceptors (Lipinski definition) is 8. The molecule has 0 radical (unpaired) electrons. The second kappa shape index (κ2) is 12.8. The highest BCUT2D eigenvalue weighted by Crippen LogP contribution is 2.28. The van der Waals surface area contributed by atoms with Crippen molar-refractivity contribution in [3.63, 3.8) is 0 Å². The monoisotopic (exact) mass is 564 g/mol. The van der Waals surface area contributed by atoms with Crippen molar-refractivity contribution in [2.75, 3.05) is 36.8 Å². The van der Waals surface area contributed by atoms with Gasteiger partial charge >= 0.3 is 6.09 Å². The zero-order chi connectivity index (χ0) is 27.9. The van der Waals surface area contributed by atoms with Crippen molar-refractivity contribution in [1.82, 2.24) is 20.3 Å². The van der Waals surface area contributed by atoms with Gasteiger partial charge < -0.3 is 20.2 Å². The number of rotatable bonds is 8. The Balaban J connectivity index is 1.09. The molecule has 0 atom stereocenters. The third-order valence-corrected chi connectivity index (χ3v) is 6.74. The van der Waals surface area contributed by atoms with Crippen LogP contribution in [0.25, 0.3) is 0 Å². The molecule has 12 heteroatoms. The summed E-state index contributed by atoms with van der Waals surface area (Å²) < 4.78 is 20.4. The van der Waals surface area contributed by atoms with Crippen molar-refractivity contribution in [3.05, 3.63) is 78.2 Å². The Morgan fingerprint density at radius 1 is 1.02 bits per heavy atom. The molecule has 2 amide bonds. The Kier molecular flexibility index (Phi) is 8.79. The molecule has 208 valence electrons. The molecule has 3 N–H and O–H groups in total. The lowest BCUT2D eigenvalue weighted by Crippen LogP contribution is -2.59. The largest absolute Gasteiger partial charge is 0.454 e. The molecule has 1 aromatic heterocycles. The summed E-state index contributed by atoms with van der Waals surface area (Å²) in [6.07, 6.45) is 3.38. The maximum Gasteiger partial charge on any atom is 0.431 e. The summed E-state index contributed by atoms with van der Waals surface area (Å²) >= 11 is 5.17. The summed E-state index contributed by atoms with van der Waals surface area (Å²) in [5, 5.41) is 9.60. The number of hydroxylamine groups is 2. The smallest absolute Gasteiger partial charge is 0.431 e. The van der Waals surface area contributed by atoms with Crippen LogP contribution < -0.4 is 20.7 Å². The van der Waals surface area contributed by atoms with E-state index in [0.717, 1.165) is 18.7 Å². The molecule has 0 aliphatic carbocycles. The van der Waals surface area contributed by atoms with E-state index in [1.165, 1.54) is 43.3 Å². The van der Waals surface area contributed by atoms with Crippen LogP contribution in [0.4, 0.5) is 20.7 Å². The van der Waals surface area contributed by atoms with Crippen LogP contribution >= 0.6 is 12.2 Å². The van der Waals surface area contributed by atoms with Gasteiger partial charge in [-0.1, -0.05) is 30.3 Å². The summed E-state index contributed by atoms with van der Waals surface area (Å²) in [7, 11) is 0. The number of aromatic nitrogens is 1. The van der Waals surface area contributed by atoms with Crippen LogP contribution in [0.5, 0.6) is 11.5 Å². The van der Waals surface area contributed by atoms with Gasteiger partial charge in [0.2, 0.25) is 5.91 Å². The number of carbonyl (C=O) groups is 2. The molecule has 2 aromatic carbocycles. The van der Waals surface area contributed by atoms with Gasteiger partial charge in [-0.05, 0) is 61.9 Å². The number of anilines is 2. The molecule has 10 nitrogen and oxygen atoms in total. The van der Waals surface area contributed by atoms with Crippen LogP contribution in [-0.4, -0.2) is 64.3 Å². The van der Waals surface area contributed by atoms with Crippen molar-refractivity contribution in [2.45, 2.75) is 25.3 Å². The highest BCUT2D eigenvalue weighted by molar-refractivity contribution is 7.80. The maximum atomic E-state index is 14.8. The first kappa shape index (κ1) is 27.4. The molecule has 0 unspecified atom stereocenters. The number of benzene rings is 2. The van der Waals surface area contributed by atoms with Gasteiger partial charge in [0.05, 0.1) is 19.5 Å². The minimum Gasteiger partial charge on any atom is -0.454 e. The average Bonchev–Trinajstić information content (AvgIpc) is 3.43. The van der Waals surface area contributed by atoms with Crippen LogP contribution in [-0.2, 0) is 16.1 Å². The first-order valence-corrected chi connectivity index (χ1v) is 13.4. The Morgan fingerprint density at radius 2 is 1.80 bits per heavy atom. The number of likely N-dealkylation sites (tertiary alicyclic amines) is 1. The van der Waals surface area contributed by atoms with Crippen LogP contribution in [0.1, 0.15) is 18.4 Å². The van der Waals surface area contributed by atoms with E-state index in [1.54, 1.807) is 11.1 Å². The van der Waals surface area contributed by atoms with Crippen LogP contribution in [0.3, 0.4) is 0 Å². The molecular weight excluding hydrogens is 535 g/mol. The highest BCUT2D eigenvalue weighted by atomic mass is 32.1. The molecule has 0 bridgehead atoms. The molecule has 2 fully saturated rings. The molecular formula is C28H29FN6O4S. The Bertz CT molecular complexity index is 1370. The van der Waals surface area contributed by atoms with Gasteiger partial charge in [0.1, 0.15) is 11.6 Å². The zero-order valence-electron chi connectivity index (χ0n) is 21.6. The number of thiocarbonyl (C=S) groups is 1. The Hall–Kier alpha value is -4.13. The van der Waals surface area contributed by atoms with Crippen molar-refractivity contribution in [3.8, 4) is 11.5 Å². The van der Waals surface area contributed by atoms with E-state index >= 15 is 0 Å². The minimum atomic E-state index is -0.655. The lowest BCUT2D eigenvalue weighted by molar-refractivity contribution is -0.170. The second-order valence-electron chi connectivity index (χ2n) is 9.54. The van der Waals surface area contributed by atoms with E-state index in [-0.39, 0.29) is 34.8 Å². The molecule has 0 saturated carbocycles. The lowest BCUT2D eigenvalue weighted by Gasteiger charge is -2.41. The van der Waals surface area contributed by atoms with E-state index in [4.69, 9.17) is 21.8 Å². The fourth-order valence-corrected chi connectivity index (χ4v) is 4.75. The summed E-state index contributed by atoms with van der Waals surface area (Å²) in [6.45, 7) is 3.56. The van der Waals surface area contributed by atoms with E-state index in [2.05, 4.69) is 25.8 Å². The van der Waals surface area contributed by atoms with Crippen LogP contribution in [0, 0.1) is 5.82 Å². The molecule has 40 heavy (non-hydrogen) atoms. The predicted octanol–water partition coefficient (Wildman–Crippen LogP) is 4.31. The molecule has 2 aliphatic rings. The SMILES string of the molecule is O=C(Cc1ccccc1)NC(=S)Nc1ccc(Oc2ccnc(NC(=O)ON3CC(N4CCCC4)C3)c2)c(F)c1. The first-order chi connectivity index (χ1) is 19.4. The average molecular weight is 565 g/mol. The van der Waals surface area contributed by atoms with E-state index in [9.17, 15) is 14.0 Å². The Labute approximate surface area is 236 Å². The lowest BCUT2D eigenvalue weighted by atomic mass is 10.1. The van der Waals surface area contributed by atoms with Gasteiger partial charge in [-0.15, -0.1) is 5.06 Å². The number of amides is 2. The van der Waals surface area contributed by atoms with Crippen molar-refractivity contribution in [1.29, 1.82) is 0 Å². The highest BCUT2D eigenvalue weighted by Gasteiger charge is 2.35. The van der Waals surface area contributed by atoms with Gasteiger partial charge in [-0.3, -0.25) is 15.0 Å². The number of carbonyl (C=O) groups excluding carboxylic acids is 2. The molecule has 0 spiro atoms. The van der Waals surface area contributed by atoms with Gasteiger partial charge in [-0.2, -0.15) is 0 Å². The maximum absolute atomic E-state index is 14.8. The predicted molar refractivity (Wildman–Crippen MR) is 151 cm³/mol. The summed E-state index contributed by atoms with van der Waals surface area (Å²) in [6, 6.07) is 16.9. The van der Waals surface area contributed by atoms with Gasteiger partial charge in [0.25, 0.3) is 0 Å².